The molecule has 0 atom stereocenters. The van der Waals surface area contributed by atoms with Crippen molar-refractivity contribution in [2.24, 2.45) is 0 Å². The molecule has 0 radical (unpaired) electrons. The fourth-order valence-corrected chi connectivity index (χ4v) is 4.98. The third kappa shape index (κ3) is 6.75. The summed E-state index contributed by atoms with van der Waals surface area (Å²) >= 11 is 1.56. The largest absolute Gasteiger partial charge is 0.450 e. The minimum absolute atomic E-state index is 0.0257. The maximum atomic E-state index is 12.5. The number of aromatic nitrogens is 1. The van der Waals surface area contributed by atoms with Gasteiger partial charge in [-0.1, -0.05) is 24.3 Å². The number of thiazole rings is 1. The third-order valence-corrected chi connectivity index (χ3v) is 6.93. The molecule has 0 bridgehead atoms. The number of morpholine rings is 1. The van der Waals surface area contributed by atoms with Gasteiger partial charge >= 0.3 is 6.09 Å². The Hall–Kier alpha value is -2.49. The summed E-state index contributed by atoms with van der Waals surface area (Å²) in [6.45, 7) is 7.89. The van der Waals surface area contributed by atoms with Crippen LogP contribution in [0.3, 0.4) is 0 Å². The fourth-order valence-electron chi connectivity index (χ4n) is 4.16. The van der Waals surface area contributed by atoms with Crippen molar-refractivity contribution in [1.29, 1.82) is 0 Å². The average Bonchev–Trinajstić information content (AvgIpc) is 3.29. The normalized spacial score (nSPS) is 17.7. The molecule has 2 aliphatic heterocycles. The molecule has 3 heterocycles. The monoisotopic (exact) mass is 472 g/mol. The first-order valence-electron chi connectivity index (χ1n) is 11.7. The second-order valence-electron chi connectivity index (χ2n) is 8.43. The zero-order valence-electron chi connectivity index (χ0n) is 19.1. The molecule has 9 heteroatoms. The molecule has 2 amide bonds. The quantitative estimate of drug-likeness (QED) is 0.667. The van der Waals surface area contributed by atoms with E-state index < -0.39 is 0 Å². The second kappa shape index (κ2) is 11.6. The number of nitrogens with one attached hydrogen (secondary N) is 1. The first-order valence-corrected chi connectivity index (χ1v) is 12.5. The first kappa shape index (κ1) is 23.7. The highest BCUT2D eigenvalue weighted by Gasteiger charge is 2.24. The summed E-state index contributed by atoms with van der Waals surface area (Å²) in [6, 6.07) is 8.61. The number of hydrogen-bond donors (Lipinski definition) is 1. The predicted octanol–water partition coefficient (Wildman–Crippen LogP) is 2.92. The summed E-state index contributed by atoms with van der Waals surface area (Å²) in [4.78, 5) is 33.1. The second-order valence-corrected chi connectivity index (χ2v) is 9.29. The van der Waals surface area contributed by atoms with Crippen LogP contribution < -0.4 is 5.32 Å². The zero-order chi connectivity index (χ0) is 23.0. The maximum absolute atomic E-state index is 12.5. The van der Waals surface area contributed by atoms with Gasteiger partial charge < -0.3 is 19.7 Å². The topological polar surface area (TPSA) is 84.0 Å². The Bertz CT molecular complexity index is 919. The van der Waals surface area contributed by atoms with Crippen LogP contribution in [0.1, 0.15) is 31.0 Å². The third-order valence-electron chi connectivity index (χ3n) is 5.99. The number of carbonyl (C=O) groups is 2. The highest BCUT2D eigenvalue weighted by molar-refractivity contribution is 7.13. The lowest BCUT2D eigenvalue weighted by Gasteiger charge is -2.31. The molecule has 1 aromatic heterocycles. The highest BCUT2D eigenvalue weighted by Crippen LogP contribution is 2.25. The van der Waals surface area contributed by atoms with Gasteiger partial charge in [0.15, 0.2) is 0 Å². The maximum Gasteiger partial charge on any atom is 0.409 e. The molecular weight excluding hydrogens is 440 g/mol. The summed E-state index contributed by atoms with van der Waals surface area (Å²) in [5.41, 5.74) is 3.14. The van der Waals surface area contributed by atoms with Crippen LogP contribution in [0, 0.1) is 0 Å². The molecule has 1 aromatic carbocycles. The lowest BCUT2D eigenvalue weighted by Crippen LogP contribution is -2.47. The Morgan fingerprint density at radius 1 is 1.15 bits per heavy atom. The molecule has 2 aromatic rings. The van der Waals surface area contributed by atoms with Gasteiger partial charge in [0.05, 0.1) is 31.9 Å². The molecule has 0 spiro atoms. The van der Waals surface area contributed by atoms with Crippen molar-refractivity contribution >= 4 is 23.3 Å². The van der Waals surface area contributed by atoms with Crippen LogP contribution >= 0.6 is 11.3 Å². The van der Waals surface area contributed by atoms with E-state index in [0.717, 1.165) is 62.0 Å². The standard InChI is InChI=1S/C24H32N4O4S/c1-2-32-24(30)28-9-7-20(8-10-28)25-22(29)15-21-17-33-23(26-21)19-5-3-18(4-6-19)16-27-11-13-31-14-12-27/h3-6,17,20H,2,7-16H2,1H3,(H,25,29). The van der Waals surface area contributed by atoms with Crippen molar-refractivity contribution < 1.29 is 19.1 Å². The molecule has 2 saturated heterocycles. The number of hydrogen-bond acceptors (Lipinski definition) is 7. The Morgan fingerprint density at radius 2 is 1.88 bits per heavy atom. The predicted molar refractivity (Wildman–Crippen MR) is 127 cm³/mol. The smallest absolute Gasteiger partial charge is 0.409 e. The van der Waals surface area contributed by atoms with Gasteiger partial charge in [-0.15, -0.1) is 11.3 Å². The van der Waals surface area contributed by atoms with E-state index >= 15 is 0 Å². The minimum atomic E-state index is -0.272. The average molecular weight is 473 g/mol. The molecule has 2 aliphatic rings. The minimum Gasteiger partial charge on any atom is -0.450 e. The Kier molecular flexibility index (Phi) is 8.30. The van der Waals surface area contributed by atoms with Crippen LogP contribution in [0.15, 0.2) is 29.6 Å². The summed E-state index contributed by atoms with van der Waals surface area (Å²) in [7, 11) is 0. The van der Waals surface area contributed by atoms with E-state index in [0.29, 0.717) is 19.7 Å². The summed E-state index contributed by atoms with van der Waals surface area (Å²) in [6.07, 6.45) is 1.48. The molecule has 0 saturated carbocycles. The van der Waals surface area contributed by atoms with E-state index in [1.807, 2.05) is 5.38 Å². The number of likely N-dealkylation sites (tertiary alicyclic amines) is 1. The molecule has 2 fully saturated rings. The zero-order valence-corrected chi connectivity index (χ0v) is 19.9. The van der Waals surface area contributed by atoms with E-state index in [1.54, 1.807) is 23.2 Å². The molecule has 0 unspecified atom stereocenters. The number of ether oxygens (including phenoxy) is 2. The Morgan fingerprint density at radius 3 is 2.58 bits per heavy atom. The van der Waals surface area contributed by atoms with Gasteiger partial charge in [-0.2, -0.15) is 0 Å². The number of benzene rings is 1. The van der Waals surface area contributed by atoms with Gasteiger partial charge in [-0.05, 0) is 25.3 Å². The summed E-state index contributed by atoms with van der Waals surface area (Å²) in [5, 5.41) is 5.97. The van der Waals surface area contributed by atoms with Gasteiger partial charge in [-0.3, -0.25) is 9.69 Å². The molecule has 4 rings (SSSR count). The van der Waals surface area contributed by atoms with Crippen molar-refractivity contribution in [2.45, 2.75) is 38.8 Å². The SMILES string of the molecule is CCOC(=O)N1CCC(NC(=O)Cc2csc(-c3ccc(CN4CCOCC4)cc3)n2)CC1. The number of nitrogens with zero attached hydrogens (tertiary/aromatic N) is 3. The fraction of sp³-hybridized carbons (Fsp3) is 0.542. The number of rotatable bonds is 7. The van der Waals surface area contributed by atoms with Crippen molar-refractivity contribution in [3.05, 3.63) is 40.9 Å². The molecule has 8 nitrogen and oxygen atoms in total. The van der Waals surface area contributed by atoms with E-state index in [4.69, 9.17) is 9.47 Å². The summed E-state index contributed by atoms with van der Waals surface area (Å²) in [5.74, 6) is -0.0257. The number of carbonyl (C=O) groups excluding carboxylic acids is 2. The van der Waals surface area contributed by atoms with Crippen molar-refractivity contribution in [3.8, 4) is 10.6 Å². The van der Waals surface area contributed by atoms with Gasteiger partial charge in [0.1, 0.15) is 5.01 Å². The lowest BCUT2D eigenvalue weighted by atomic mass is 10.1. The Labute approximate surface area is 198 Å². The molecule has 33 heavy (non-hydrogen) atoms. The Balaban J connectivity index is 1.24. The van der Waals surface area contributed by atoms with Crippen molar-refractivity contribution in [1.82, 2.24) is 20.1 Å². The highest BCUT2D eigenvalue weighted by atomic mass is 32.1. The van der Waals surface area contributed by atoms with Crippen molar-refractivity contribution in [2.75, 3.05) is 46.0 Å². The van der Waals surface area contributed by atoms with Crippen LogP contribution in [0.5, 0.6) is 0 Å². The molecule has 178 valence electrons. The van der Waals surface area contributed by atoms with E-state index in [-0.39, 0.29) is 24.5 Å². The molecule has 1 N–H and O–H groups in total. The van der Waals surface area contributed by atoms with Crippen LogP contribution in [0.25, 0.3) is 10.6 Å². The van der Waals surface area contributed by atoms with Crippen molar-refractivity contribution in [3.63, 3.8) is 0 Å². The van der Waals surface area contributed by atoms with Gasteiger partial charge in [0.25, 0.3) is 0 Å². The van der Waals surface area contributed by atoms with Crippen LogP contribution in [0.4, 0.5) is 4.79 Å². The lowest BCUT2D eigenvalue weighted by molar-refractivity contribution is -0.121. The van der Waals surface area contributed by atoms with Gasteiger partial charge in [-0.25, -0.2) is 9.78 Å². The van der Waals surface area contributed by atoms with Crippen LogP contribution in [-0.4, -0.2) is 78.8 Å². The molecular formula is C24H32N4O4S. The van der Waals surface area contributed by atoms with E-state index in [1.165, 1.54) is 5.56 Å². The van der Waals surface area contributed by atoms with Crippen LogP contribution in [-0.2, 0) is 27.2 Å². The number of piperidine rings is 1. The van der Waals surface area contributed by atoms with Crippen LogP contribution in [0.2, 0.25) is 0 Å². The van der Waals surface area contributed by atoms with Gasteiger partial charge in [0, 0.05) is 49.7 Å². The van der Waals surface area contributed by atoms with E-state index in [2.05, 4.69) is 39.5 Å². The number of amides is 2. The summed E-state index contributed by atoms with van der Waals surface area (Å²) < 4.78 is 10.5. The first-order chi connectivity index (χ1) is 16.1. The molecule has 0 aliphatic carbocycles. The van der Waals surface area contributed by atoms with Gasteiger partial charge in [0.2, 0.25) is 5.91 Å². The van der Waals surface area contributed by atoms with E-state index in [9.17, 15) is 9.59 Å².